The van der Waals surface area contributed by atoms with E-state index in [9.17, 15) is 18.7 Å². The van der Waals surface area contributed by atoms with E-state index >= 15 is 0 Å². The van der Waals surface area contributed by atoms with Crippen molar-refractivity contribution in [3.63, 3.8) is 0 Å². The van der Waals surface area contributed by atoms with E-state index in [1.165, 1.54) is 0 Å². The van der Waals surface area contributed by atoms with Gasteiger partial charge in [0.1, 0.15) is 5.60 Å². The number of para-hydroxylation sites is 1. The number of rotatable bonds is 5. The predicted molar refractivity (Wildman–Crippen MR) is 83.5 cm³/mol. The van der Waals surface area contributed by atoms with Crippen LogP contribution >= 0.6 is 0 Å². The molecule has 124 valence electrons. The Morgan fingerprint density at radius 1 is 1.43 bits per heavy atom. The molecule has 0 spiro atoms. The number of carbonyl (C=O) groups is 1. The van der Waals surface area contributed by atoms with Crippen molar-refractivity contribution in [1.29, 1.82) is 0 Å². The van der Waals surface area contributed by atoms with Gasteiger partial charge < -0.3 is 15.4 Å². The number of nitrogens with one attached hydrogen (secondary N) is 2. The van der Waals surface area contributed by atoms with E-state index < -0.39 is 17.4 Å². The van der Waals surface area contributed by atoms with Gasteiger partial charge in [-0.25, -0.2) is 0 Å². The second-order valence-corrected chi connectivity index (χ2v) is 6.28. The lowest BCUT2D eigenvalue weighted by Gasteiger charge is -2.41. The van der Waals surface area contributed by atoms with Crippen LogP contribution in [0.5, 0.6) is 0 Å². The van der Waals surface area contributed by atoms with Crippen molar-refractivity contribution in [3.8, 4) is 0 Å². The normalized spacial score (nSPS) is 17.0. The van der Waals surface area contributed by atoms with Gasteiger partial charge in [0.15, 0.2) is 0 Å². The van der Waals surface area contributed by atoms with Crippen molar-refractivity contribution in [2.45, 2.75) is 44.1 Å². The standard InChI is InChI=1S/C17H20F2N2O2/c1-11-4-2-5-13-12(10-21-14(11)13)6-9-20-15(22)17(18,19)16(23)7-3-8-16/h2,4-5,10,21,23H,3,6-9H2,1H3,(H,20,22). The fraction of sp³-hybridized carbons (Fsp3) is 0.471. The summed E-state index contributed by atoms with van der Waals surface area (Å²) in [5.74, 6) is -5.13. The molecule has 0 atom stereocenters. The molecule has 23 heavy (non-hydrogen) atoms. The Bertz CT molecular complexity index is 735. The van der Waals surface area contributed by atoms with Gasteiger partial charge in [-0.05, 0) is 43.7 Å². The van der Waals surface area contributed by atoms with Gasteiger partial charge >= 0.3 is 5.92 Å². The Morgan fingerprint density at radius 3 is 2.83 bits per heavy atom. The average Bonchev–Trinajstić information content (AvgIpc) is 2.89. The maximum absolute atomic E-state index is 14.0. The highest BCUT2D eigenvalue weighted by Crippen LogP contribution is 2.44. The molecule has 0 bridgehead atoms. The number of aryl methyl sites for hydroxylation is 1. The van der Waals surface area contributed by atoms with Crippen molar-refractivity contribution in [2.24, 2.45) is 0 Å². The first-order chi connectivity index (χ1) is 10.8. The summed E-state index contributed by atoms with van der Waals surface area (Å²) in [5, 5.41) is 13.0. The molecule has 1 heterocycles. The van der Waals surface area contributed by atoms with Gasteiger partial charge in [-0.2, -0.15) is 8.78 Å². The molecule has 1 aliphatic rings. The molecule has 1 aromatic heterocycles. The minimum Gasteiger partial charge on any atom is -0.383 e. The average molecular weight is 322 g/mol. The monoisotopic (exact) mass is 322 g/mol. The smallest absolute Gasteiger partial charge is 0.352 e. The molecule has 0 saturated heterocycles. The van der Waals surface area contributed by atoms with Crippen LogP contribution in [0.3, 0.4) is 0 Å². The molecular weight excluding hydrogens is 302 g/mol. The van der Waals surface area contributed by atoms with Crippen LogP contribution in [-0.2, 0) is 11.2 Å². The Balaban J connectivity index is 1.62. The fourth-order valence-corrected chi connectivity index (χ4v) is 3.03. The van der Waals surface area contributed by atoms with Gasteiger partial charge in [-0.1, -0.05) is 18.2 Å². The third kappa shape index (κ3) is 2.61. The summed E-state index contributed by atoms with van der Waals surface area (Å²) in [6, 6.07) is 5.89. The highest BCUT2D eigenvalue weighted by molar-refractivity contribution is 5.86. The van der Waals surface area contributed by atoms with E-state index in [1.54, 1.807) is 0 Å². The molecule has 2 aromatic rings. The van der Waals surface area contributed by atoms with Crippen LogP contribution in [0, 0.1) is 6.92 Å². The zero-order valence-electron chi connectivity index (χ0n) is 13.0. The molecule has 0 aliphatic heterocycles. The molecule has 0 radical (unpaired) electrons. The van der Waals surface area contributed by atoms with E-state index in [1.807, 2.05) is 31.3 Å². The van der Waals surface area contributed by atoms with Gasteiger partial charge in [0, 0.05) is 23.6 Å². The van der Waals surface area contributed by atoms with Gasteiger partial charge in [-0.15, -0.1) is 0 Å². The first-order valence-electron chi connectivity index (χ1n) is 7.79. The molecule has 6 heteroatoms. The number of hydrogen-bond donors (Lipinski definition) is 3. The SMILES string of the molecule is Cc1cccc2c(CCNC(=O)C(F)(F)C3(O)CCC3)c[nH]c12. The number of aromatic amines is 1. The van der Waals surface area contributed by atoms with Crippen LogP contribution in [0.4, 0.5) is 8.78 Å². The molecule has 1 aromatic carbocycles. The van der Waals surface area contributed by atoms with Gasteiger partial charge in [0.05, 0.1) is 0 Å². The summed E-state index contributed by atoms with van der Waals surface area (Å²) in [6.07, 6.45) is 2.74. The van der Waals surface area contributed by atoms with Crippen LogP contribution in [0.1, 0.15) is 30.4 Å². The van der Waals surface area contributed by atoms with E-state index in [2.05, 4.69) is 10.3 Å². The van der Waals surface area contributed by atoms with Crippen molar-refractivity contribution >= 4 is 16.8 Å². The predicted octanol–water partition coefficient (Wildman–Crippen LogP) is 2.69. The molecule has 1 fully saturated rings. The summed E-state index contributed by atoms with van der Waals surface area (Å²) in [4.78, 5) is 14.9. The fourth-order valence-electron chi connectivity index (χ4n) is 3.03. The second-order valence-electron chi connectivity index (χ2n) is 6.28. The lowest BCUT2D eigenvalue weighted by molar-refractivity contribution is -0.215. The Morgan fingerprint density at radius 2 is 2.17 bits per heavy atom. The molecule has 3 rings (SSSR count). The first-order valence-corrected chi connectivity index (χ1v) is 7.79. The zero-order chi connectivity index (χ0) is 16.7. The molecular formula is C17H20F2N2O2. The minimum atomic E-state index is -3.73. The molecule has 0 unspecified atom stereocenters. The van der Waals surface area contributed by atoms with Crippen LogP contribution in [0.25, 0.3) is 10.9 Å². The molecule has 1 saturated carbocycles. The van der Waals surface area contributed by atoms with E-state index in [-0.39, 0.29) is 19.4 Å². The Labute approximate surface area is 132 Å². The summed E-state index contributed by atoms with van der Waals surface area (Å²) < 4.78 is 27.9. The molecule has 1 amide bonds. The molecule has 4 nitrogen and oxygen atoms in total. The highest BCUT2D eigenvalue weighted by atomic mass is 19.3. The third-order valence-electron chi connectivity index (χ3n) is 4.74. The highest BCUT2D eigenvalue weighted by Gasteiger charge is 2.60. The largest absolute Gasteiger partial charge is 0.383 e. The van der Waals surface area contributed by atoms with Crippen molar-refractivity contribution in [1.82, 2.24) is 10.3 Å². The van der Waals surface area contributed by atoms with Crippen LogP contribution in [0.2, 0.25) is 0 Å². The number of hydrogen-bond acceptors (Lipinski definition) is 2. The van der Waals surface area contributed by atoms with Crippen molar-refractivity contribution in [3.05, 3.63) is 35.5 Å². The summed E-state index contributed by atoms with van der Waals surface area (Å²) >= 11 is 0. The van der Waals surface area contributed by atoms with Crippen molar-refractivity contribution in [2.75, 3.05) is 6.54 Å². The van der Waals surface area contributed by atoms with Crippen LogP contribution in [-0.4, -0.2) is 34.1 Å². The zero-order valence-corrected chi connectivity index (χ0v) is 13.0. The Hall–Kier alpha value is -1.95. The number of alkyl halides is 2. The van der Waals surface area contributed by atoms with Gasteiger partial charge in [-0.3, -0.25) is 4.79 Å². The summed E-state index contributed by atoms with van der Waals surface area (Å²) in [5.41, 5.74) is 0.920. The lowest BCUT2D eigenvalue weighted by Crippen LogP contribution is -2.60. The van der Waals surface area contributed by atoms with E-state index in [0.29, 0.717) is 12.8 Å². The number of fused-ring (bicyclic) bond motifs is 1. The van der Waals surface area contributed by atoms with E-state index in [0.717, 1.165) is 22.0 Å². The lowest BCUT2D eigenvalue weighted by atomic mass is 9.75. The second kappa shape index (κ2) is 5.60. The number of amides is 1. The minimum absolute atomic E-state index is 0.0326. The van der Waals surface area contributed by atoms with Crippen LogP contribution < -0.4 is 5.32 Å². The maximum atomic E-state index is 14.0. The molecule has 1 aliphatic carbocycles. The quantitative estimate of drug-likeness (QED) is 0.792. The van der Waals surface area contributed by atoms with Gasteiger partial charge in [0.25, 0.3) is 5.91 Å². The Kier molecular flexibility index (Phi) is 3.88. The first kappa shape index (κ1) is 15.9. The van der Waals surface area contributed by atoms with Crippen LogP contribution in [0.15, 0.2) is 24.4 Å². The number of benzene rings is 1. The third-order valence-corrected chi connectivity index (χ3v) is 4.74. The molecule has 3 N–H and O–H groups in total. The number of H-pyrrole nitrogens is 1. The number of halogens is 2. The van der Waals surface area contributed by atoms with Gasteiger partial charge in [0.2, 0.25) is 0 Å². The maximum Gasteiger partial charge on any atom is 0.352 e. The number of carbonyl (C=O) groups excluding carboxylic acids is 1. The number of aliphatic hydroxyl groups is 1. The van der Waals surface area contributed by atoms with Crippen molar-refractivity contribution < 1.29 is 18.7 Å². The summed E-state index contributed by atoms with van der Waals surface area (Å²) in [6.45, 7) is 2.09. The van der Waals surface area contributed by atoms with E-state index in [4.69, 9.17) is 0 Å². The number of aromatic nitrogens is 1. The topological polar surface area (TPSA) is 65.1 Å². The summed E-state index contributed by atoms with van der Waals surface area (Å²) in [7, 11) is 0.